The maximum absolute atomic E-state index is 12.2. The van der Waals surface area contributed by atoms with Crippen molar-refractivity contribution in [3.05, 3.63) is 28.5 Å². The second kappa shape index (κ2) is 3.72. The number of aromatic nitrogens is 1. The fourth-order valence-electron chi connectivity index (χ4n) is 0.763. The van der Waals surface area contributed by atoms with Gasteiger partial charge < -0.3 is 0 Å². The average Bonchev–Trinajstić information content (AvgIpc) is 2.03. The minimum absolute atomic E-state index is 0.0206. The SMILES string of the molecule is FC(F)(F)c1cc(CCl)cnc1Cl. The summed E-state index contributed by atoms with van der Waals surface area (Å²) < 4.78 is 36.6. The highest BCUT2D eigenvalue weighted by Gasteiger charge is 2.34. The molecule has 0 aromatic carbocycles. The van der Waals surface area contributed by atoms with Crippen LogP contribution in [0.1, 0.15) is 11.1 Å². The second-order valence-electron chi connectivity index (χ2n) is 2.31. The third kappa shape index (κ3) is 2.48. The van der Waals surface area contributed by atoms with Crippen LogP contribution in [0.4, 0.5) is 13.2 Å². The Morgan fingerprint density at radius 1 is 1.38 bits per heavy atom. The minimum Gasteiger partial charge on any atom is -0.244 e. The fourth-order valence-corrected chi connectivity index (χ4v) is 1.12. The summed E-state index contributed by atoms with van der Waals surface area (Å²) in [5.41, 5.74) is -0.661. The van der Waals surface area contributed by atoms with Gasteiger partial charge in [0.05, 0.1) is 5.56 Å². The summed E-state index contributed by atoms with van der Waals surface area (Å²) in [4.78, 5) is 3.38. The van der Waals surface area contributed by atoms with Gasteiger partial charge in [-0.05, 0) is 11.6 Å². The topological polar surface area (TPSA) is 12.9 Å². The molecule has 0 fully saturated rings. The summed E-state index contributed by atoms with van der Waals surface area (Å²) in [5.74, 6) is -0.0206. The molecule has 0 aliphatic rings. The van der Waals surface area contributed by atoms with Gasteiger partial charge in [-0.3, -0.25) is 0 Å². The van der Waals surface area contributed by atoms with Crippen molar-refractivity contribution in [2.24, 2.45) is 0 Å². The van der Waals surface area contributed by atoms with E-state index in [2.05, 4.69) is 4.98 Å². The standard InChI is InChI=1S/C7H4Cl2F3N/c8-2-4-1-5(7(10,11)12)6(9)13-3-4/h1,3H,2H2. The molecule has 0 saturated carbocycles. The molecular formula is C7H4Cl2F3N. The van der Waals surface area contributed by atoms with E-state index in [1.165, 1.54) is 6.20 Å². The Bertz CT molecular complexity index is 311. The van der Waals surface area contributed by atoms with Crippen molar-refractivity contribution < 1.29 is 13.2 Å². The van der Waals surface area contributed by atoms with E-state index in [4.69, 9.17) is 23.2 Å². The highest BCUT2D eigenvalue weighted by atomic mass is 35.5. The summed E-state index contributed by atoms with van der Waals surface area (Å²) in [7, 11) is 0. The van der Waals surface area contributed by atoms with Crippen LogP contribution in [0.15, 0.2) is 12.3 Å². The Morgan fingerprint density at radius 3 is 2.46 bits per heavy atom. The van der Waals surface area contributed by atoms with Crippen molar-refractivity contribution in [3.8, 4) is 0 Å². The molecule has 0 spiro atoms. The molecule has 1 nitrogen and oxygen atoms in total. The number of pyridine rings is 1. The fraction of sp³-hybridized carbons (Fsp3) is 0.286. The molecule has 0 aliphatic carbocycles. The molecule has 13 heavy (non-hydrogen) atoms. The van der Waals surface area contributed by atoms with Gasteiger partial charge in [-0.15, -0.1) is 11.6 Å². The zero-order chi connectivity index (χ0) is 10.1. The van der Waals surface area contributed by atoms with E-state index in [9.17, 15) is 13.2 Å². The van der Waals surface area contributed by atoms with Crippen LogP contribution in [0.25, 0.3) is 0 Å². The normalized spacial score (nSPS) is 11.8. The first-order valence-corrected chi connectivity index (χ1v) is 4.14. The number of halogens is 5. The van der Waals surface area contributed by atoms with Crippen molar-refractivity contribution in [3.63, 3.8) is 0 Å². The van der Waals surface area contributed by atoms with E-state index in [0.717, 1.165) is 6.07 Å². The lowest BCUT2D eigenvalue weighted by molar-refractivity contribution is -0.137. The van der Waals surface area contributed by atoms with Crippen LogP contribution in [0.5, 0.6) is 0 Å². The molecule has 0 amide bonds. The van der Waals surface area contributed by atoms with Crippen molar-refractivity contribution in [1.82, 2.24) is 4.98 Å². The number of alkyl halides is 4. The van der Waals surface area contributed by atoms with Gasteiger partial charge in [-0.25, -0.2) is 4.98 Å². The Balaban J connectivity index is 3.19. The van der Waals surface area contributed by atoms with Crippen LogP contribution >= 0.6 is 23.2 Å². The van der Waals surface area contributed by atoms with E-state index in [1.807, 2.05) is 0 Å². The number of nitrogens with zero attached hydrogens (tertiary/aromatic N) is 1. The van der Waals surface area contributed by atoms with Crippen molar-refractivity contribution in [1.29, 1.82) is 0 Å². The van der Waals surface area contributed by atoms with Gasteiger partial charge in [0.15, 0.2) is 0 Å². The molecule has 1 aromatic rings. The minimum atomic E-state index is -4.48. The van der Waals surface area contributed by atoms with Gasteiger partial charge in [0.2, 0.25) is 0 Å². The molecule has 0 bridgehead atoms. The van der Waals surface area contributed by atoms with Crippen molar-refractivity contribution in [2.45, 2.75) is 12.1 Å². The molecule has 1 aromatic heterocycles. The van der Waals surface area contributed by atoms with Crippen LogP contribution in [0.3, 0.4) is 0 Å². The molecule has 6 heteroatoms. The second-order valence-corrected chi connectivity index (χ2v) is 2.94. The summed E-state index contributed by atoms with van der Waals surface area (Å²) in [5, 5.41) is -0.554. The van der Waals surface area contributed by atoms with E-state index in [-0.39, 0.29) is 5.88 Å². The quantitative estimate of drug-likeness (QED) is 0.531. The summed E-state index contributed by atoms with van der Waals surface area (Å²) in [6.07, 6.45) is -3.27. The summed E-state index contributed by atoms with van der Waals surface area (Å²) in [6, 6.07) is 0.891. The molecule has 1 heterocycles. The molecule has 0 unspecified atom stereocenters. The molecule has 0 saturated heterocycles. The number of hydrogen-bond donors (Lipinski definition) is 0. The predicted molar refractivity (Wildman–Crippen MR) is 43.8 cm³/mol. The maximum Gasteiger partial charge on any atom is 0.419 e. The monoisotopic (exact) mass is 229 g/mol. The molecule has 1 rings (SSSR count). The highest BCUT2D eigenvalue weighted by molar-refractivity contribution is 6.30. The van der Waals surface area contributed by atoms with Crippen LogP contribution < -0.4 is 0 Å². The van der Waals surface area contributed by atoms with E-state index >= 15 is 0 Å². The number of hydrogen-bond acceptors (Lipinski definition) is 1. The third-order valence-corrected chi connectivity index (χ3v) is 1.97. The molecule has 72 valence electrons. The van der Waals surface area contributed by atoms with Gasteiger partial charge >= 0.3 is 6.18 Å². The van der Waals surface area contributed by atoms with Crippen LogP contribution in [0.2, 0.25) is 5.15 Å². The van der Waals surface area contributed by atoms with E-state index in [0.29, 0.717) is 5.56 Å². The maximum atomic E-state index is 12.2. The Morgan fingerprint density at radius 2 is 2.00 bits per heavy atom. The van der Waals surface area contributed by atoms with Gasteiger partial charge in [-0.2, -0.15) is 13.2 Å². The van der Waals surface area contributed by atoms with Gasteiger partial charge in [0.1, 0.15) is 5.15 Å². The van der Waals surface area contributed by atoms with Crippen LogP contribution in [-0.2, 0) is 12.1 Å². The highest BCUT2D eigenvalue weighted by Crippen LogP contribution is 2.33. The lowest BCUT2D eigenvalue weighted by Gasteiger charge is -2.08. The van der Waals surface area contributed by atoms with Crippen molar-refractivity contribution >= 4 is 23.2 Å². The zero-order valence-corrected chi connectivity index (χ0v) is 7.71. The summed E-state index contributed by atoms with van der Waals surface area (Å²) >= 11 is 10.6. The zero-order valence-electron chi connectivity index (χ0n) is 6.20. The molecule has 0 aliphatic heterocycles. The lowest BCUT2D eigenvalue weighted by atomic mass is 10.2. The first-order chi connectivity index (χ1) is 5.95. The van der Waals surface area contributed by atoms with Crippen molar-refractivity contribution in [2.75, 3.05) is 0 Å². The average molecular weight is 230 g/mol. The van der Waals surface area contributed by atoms with Crippen LogP contribution in [-0.4, -0.2) is 4.98 Å². The molecular weight excluding hydrogens is 226 g/mol. The first-order valence-electron chi connectivity index (χ1n) is 3.22. The first kappa shape index (κ1) is 10.6. The van der Waals surface area contributed by atoms with Gasteiger partial charge in [-0.1, -0.05) is 11.6 Å². The number of rotatable bonds is 1. The third-order valence-electron chi connectivity index (χ3n) is 1.36. The molecule has 0 atom stereocenters. The molecule has 0 N–H and O–H groups in total. The molecule has 0 radical (unpaired) electrons. The van der Waals surface area contributed by atoms with E-state index in [1.54, 1.807) is 0 Å². The van der Waals surface area contributed by atoms with E-state index < -0.39 is 16.9 Å². The lowest BCUT2D eigenvalue weighted by Crippen LogP contribution is -2.07. The Hall–Kier alpha value is -0.480. The largest absolute Gasteiger partial charge is 0.419 e. The van der Waals surface area contributed by atoms with Crippen LogP contribution in [0, 0.1) is 0 Å². The predicted octanol–water partition coefficient (Wildman–Crippen LogP) is 3.49. The Kier molecular flexibility index (Phi) is 3.03. The Labute approximate surface area is 82.5 Å². The summed E-state index contributed by atoms with van der Waals surface area (Å²) in [6.45, 7) is 0. The smallest absolute Gasteiger partial charge is 0.244 e. The van der Waals surface area contributed by atoms with Gasteiger partial charge in [0, 0.05) is 12.1 Å². The van der Waals surface area contributed by atoms with Gasteiger partial charge in [0.25, 0.3) is 0 Å².